The number of nitrogens with one attached hydrogen (secondary N) is 1. The molecule has 1 aromatic carbocycles. The standard InChI is InChI=1S/C13H20FN3O/c1-3-7-17(9-12(18)16-2)8-10-5-4-6-11(15)13(10)14/h4-6H,3,7-9,15H2,1-2H3,(H,16,18). The summed E-state index contributed by atoms with van der Waals surface area (Å²) in [7, 11) is 1.59. The maximum absolute atomic E-state index is 13.8. The zero-order valence-electron chi connectivity index (χ0n) is 10.9. The molecule has 1 aromatic rings. The number of carbonyl (C=O) groups excluding carboxylic acids is 1. The summed E-state index contributed by atoms with van der Waals surface area (Å²) in [5.74, 6) is -0.469. The fourth-order valence-corrected chi connectivity index (χ4v) is 1.78. The number of halogens is 1. The number of nitrogen functional groups attached to an aromatic ring is 1. The number of carbonyl (C=O) groups is 1. The highest BCUT2D eigenvalue weighted by atomic mass is 19.1. The molecule has 1 rings (SSSR count). The maximum atomic E-state index is 13.8. The number of hydrogen-bond donors (Lipinski definition) is 2. The van der Waals surface area contributed by atoms with Crippen LogP contribution in [0.5, 0.6) is 0 Å². The van der Waals surface area contributed by atoms with Gasteiger partial charge in [-0.2, -0.15) is 0 Å². The molecule has 0 spiro atoms. The molecule has 18 heavy (non-hydrogen) atoms. The molecule has 3 N–H and O–H groups in total. The van der Waals surface area contributed by atoms with Crippen LogP contribution in [0.1, 0.15) is 18.9 Å². The first kappa shape index (κ1) is 14.4. The Morgan fingerprint density at radius 3 is 2.83 bits per heavy atom. The zero-order chi connectivity index (χ0) is 13.5. The van der Waals surface area contributed by atoms with E-state index < -0.39 is 5.82 Å². The van der Waals surface area contributed by atoms with Gasteiger partial charge in [0.1, 0.15) is 0 Å². The topological polar surface area (TPSA) is 58.4 Å². The van der Waals surface area contributed by atoms with E-state index in [2.05, 4.69) is 5.32 Å². The van der Waals surface area contributed by atoms with E-state index in [1.54, 1.807) is 19.2 Å². The summed E-state index contributed by atoms with van der Waals surface area (Å²) in [6, 6.07) is 4.94. The van der Waals surface area contributed by atoms with Crippen LogP contribution in [-0.2, 0) is 11.3 Å². The van der Waals surface area contributed by atoms with E-state index in [1.807, 2.05) is 11.8 Å². The van der Waals surface area contributed by atoms with Crippen molar-refractivity contribution < 1.29 is 9.18 Å². The van der Waals surface area contributed by atoms with Crippen molar-refractivity contribution in [3.63, 3.8) is 0 Å². The van der Waals surface area contributed by atoms with Crippen molar-refractivity contribution in [2.24, 2.45) is 0 Å². The van der Waals surface area contributed by atoms with Crippen molar-refractivity contribution in [1.29, 1.82) is 0 Å². The monoisotopic (exact) mass is 253 g/mol. The van der Waals surface area contributed by atoms with E-state index in [9.17, 15) is 9.18 Å². The second-order valence-corrected chi connectivity index (χ2v) is 4.20. The Hall–Kier alpha value is -1.62. The van der Waals surface area contributed by atoms with Crippen LogP contribution in [0.2, 0.25) is 0 Å². The van der Waals surface area contributed by atoms with Crippen LogP contribution >= 0.6 is 0 Å². The Kier molecular flexibility index (Phi) is 5.58. The van der Waals surface area contributed by atoms with Crippen LogP contribution in [0.15, 0.2) is 18.2 Å². The first-order valence-corrected chi connectivity index (χ1v) is 6.04. The number of benzene rings is 1. The summed E-state index contributed by atoms with van der Waals surface area (Å²) in [5.41, 5.74) is 6.19. The third-order valence-corrected chi connectivity index (χ3v) is 2.69. The van der Waals surface area contributed by atoms with Crippen LogP contribution in [0.4, 0.5) is 10.1 Å². The number of nitrogens with two attached hydrogens (primary N) is 1. The lowest BCUT2D eigenvalue weighted by atomic mass is 10.1. The molecule has 0 aromatic heterocycles. The molecule has 0 heterocycles. The number of rotatable bonds is 6. The lowest BCUT2D eigenvalue weighted by Crippen LogP contribution is -2.35. The quantitative estimate of drug-likeness (QED) is 0.753. The molecule has 0 bridgehead atoms. The number of anilines is 1. The second kappa shape index (κ2) is 6.96. The molecule has 0 atom stereocenters. The van der Waals surface area contributed by atoms with Gasteiger partial charge in [0.05, 0.1) is 12.2 Å². The maximum Gasteiger partial charge on any atom is 0.233 e. The van der Waals surface area contributed by atoms with Crippen molar-refractivity contribution in [1.82, 2.24) is 10.2 Å². The summed E-state index contributed by atoms with van der Waals surface area (Å²) in [5, 5.41) is 2.57. The van der Waals surface area contributed by atoms with Gasteiger partial charge in [0.25, 0.3) is 0 Å². The van der Waals surface area contributed by atoms with Gasteiger partial charge in [0.2, 0.25) is 5.91 Å². The summed E-state index contributed by atoms with van der Waals surface area (Å²) < 4.78 is 13.8. The average Bonchev–Trinajstić information content (AvgIpc) is 2.35. The Morgan fingerprint density at radius 1 is 1.50 bits per heavy atom. The Bertz CT molecular complexity index is 409. The zero-order valence-corrected chi connectivity index (χ0v) is 10.9. The lowest BCUT2D eigenvalue weighted by molar-refractivity contribution is -0.121. The fraction of sp³-hybridized carbons (Fsp3) is 0.462. The summed E-state index contributed by atoms with van der Waals surface area (Å²) >= 11 is 0. The average molecular weight is 253 g/mol. The molecule has 0 fully saturated rings. The molecule has 0 saturated heterocycles. The van der Waals surface area contributed by atoms with E-state index in [0.29, 0.717) is 12.1 Å². The lowest BCUT2D eigenvalue weighted by Gasteiger charge is -2.21. The van der Waals surface area contributed by atoms with E-state index in [0.717, 1.165) is 13.0 Å². The van der Waals surface area contributed by atoms with Crippen LogP contribution in [0.3, 0.4) is 0 Å². The van der Waals surface area contributed by atoms with E-state index in [4.69, 9.17) is 5.73 Å². The Balaban J connectivity index is 2.76. The van der Waals surface area contributed by atoms with Crippen LogP contribution < -0.4 is 11.1 Å². The Morgan fingerprint density at radius 2 is 2.22 bits per heavy atom. The predicted octanol–water partition coefficient (Wildman–Crippen LogP) is 1.37. The van der Waals surface area contributed by atoms with Crippen molar-refractivity contribution in [3.8, 4) is 0 Å². The largest absolute Gasteiger partial charge is 0.396 e. The van der Waals surface area contributed by atoms with Gasteiger partial charge in [-0.15, -0.1) is 0 Å². The van der Waals surface area contributed by atoms with Gasteiger partial charge in [-0.05, 0) is 19.0 Å². The predicted molar refractivity (Wildman–Crippen MR) is 70.4 cm³/mol. The van der Waals surface area contributed by atoms with Crippen LogP contribution in [0, 0.1) is 5.82 Å². The minimum atomic E-state index is -0.393. The summed E-state index contributed by atoms with van der Waals surface area (Å²) in [6.07, 6.45) is 0.904. The molecule has 0 aliphatic carbocycles. The molecule has 0 aliphatic heterocycles. The summed E-state index contributed by atoms with van der Waals surface area (Å²) in [4.78, 5) is 13.3. The molecule has 5 heteroatoms. The number of amides is 1. The molecule has 100 valence electrons. The molecule has 0 unspecified atom stereocenters. The molecular formula is C13H20FN3O. The van der Waals surface area contributed by atoms with Crippen LogP contribution in [0.25, 0.3) is 0 Å². The molecule has 0 aliphatic rings. The fourth-order valence-electron chi connectivity index (χ4n) is 1.78. The normalized spacial score (nSPS) is 10.7. The first-order chi connectivity index (χ1) is 8.58. The third kappa shape index (κ3) is 4.00. The number of nitrogens with zero attached hydrogens (tertiary/aromatic N) is 1. The number of likely N-dealkylation sites (N-methyl/N-ethyl adjacent to an activating group) is 1. The van der Waals surface area contributed by atoms with E-state index in [-0.39, 0.29) is 18.1 Å². The van der Waals surface area contributed by atoms with Crippen LogP contribution in [-0.4, -0.2) is 30.9 Å². The van der Waals surface area contributed by atoms with E-state index >= 15 is 0 Å². The highest BCUT2D eigenvalue weighted by Crippen LogP contribution is 2.16. The molecule has 4 nitrogen and oxygen atoms in total. The molecule has 0 radical (unpaired) electrons. The van der Waals surface area contributed by atoms with Gasteiger partial charge >= 0.3 is 0 Å². The van der Waals surface area contributed by atoms with Gasteiger partial charge in [-0.25, -0.2) is 4.39 Å². The molecule has 0 saturated carbocycles. The van der Waals surface area contributed by atoms with Gasteiger partial charge in [-0.3, -0.25) is 9.69 Å². The highest BCUT2D eigenvalue weighted by Gasteiger charge is 2.13. The number of hydrogen-bond acceptors (Lipinski definition) is 3. The van der Waals surface area contributed by atoms with Crippen molar-refractivity contribution in [2.45, 2.75) is 19.9 Å². The van der Waals surface area contributed by atoms with Gasteiger partial charge in [0.15, 0.2) is 5.82 Å². The minimum absolute atomic E-state index is 0.0761. The van der Waals surface area contributed by atoms with Gasteiger partial charge < -0.3 is 11.1 Å². The Labute approximate surface area is 107 Å². The third-order valence-electron chi connectivity index (χ3n) is 2.69. The van der Waals surface area contributed by atoms with Crippen molar-refractivity contribution in [3.05, 3.63) is 29.6 Å². The first-order valence-electron chi connectivity index (χ1n) is 6.04. The highest BCUT2D eigenvalue weighted by molar-refractivity contribution is 5.77. The smallest absolute Gasteiger partial charge is 0.233 e. The molecular weight excluding hydrogens is 233 g/mol. The minimum Gasteiger partial charge on any atom is -0.396 e. The SMILES string of the molecule is CCCN(CC(=O)NC)Cc1cccc(N)c1F. The van der Waals surface area contributed by atoms with Crippen molar-refractivity contribution in [2.75, 3.05) is 25.9 Å². The second-order valence-electron chi connectivity index (χ2n) is 4.20. The summed E-state index contributed by atoms with van der Waals surface area (Å²) in [6.45, 7) is 3.41. The molecule has 1 amide bonds. The van der Waals surface area contributed by atoms with Gasteiger partial charge in [0, 0.05) is 19.2 Å². The van der Waals surface area contributed by atoms with Crippen molar-refractivity contribution >= 4 is 11.6 Å². The van der Waals surface area contributed by atoms with Gasteiger partial charge in [-0.1, -0.05) is 19.1 Å². The van der Waals surface area contributed by atoms with E-state index in [1.165, 1.54) is 6.07 Å².